The predicted octanol–water partition coefficient (Wildman–Crippen LogP) is 2.60. The highest BCUT2D eigenvalue weighted by Crippen LogP contribution is 2.38. The second-order valence-electron chi connectivity index (χ2n) is 8.77. The highest BCUT2D eigenvalue weighted by atomic mass is 16.5. The fourth-order valence-corrected chi connectivity index (χ4v) is 4.46. The van der Waals surface area contributed by atoms with Gasteiger partial charge in [-0.05, 0) is 74.4 Å². The zero-order chi connectivity index (χ0) is 20.4. The number of hydrogen-bond donors (Lipinski definition) is 4. The molecule has 158 valence electrons. The van der Waals surface area contributed by atoms with Crippen molar-refractivity contribution in [2.24, 2.45) is 11.5 Å². The minimum Gasteiger partial charge on any atom is -0.507 e. The maximum atomic E-state index is 10.5. The molecular weight excluding hydrogens is 364 g/mol. The van der Waals surface area contributed by atoms with Gasteiger partial charge in [0.15, 0.2) is 0 Å². The Labute approximate surface area is 173 Å². The summed E-state index contributed by atoms with van der Waals surface area (Å²) in [5.74, 6) is 1.45. The van der Waals surface area contributed by atoms with Crippen molar-refractivity contribution in [2.75, 3.05) is 26.3 Å². The maximum Gasteiger partial charge on any atom is 0.125 e. The summed E-state index contributed by atoms with van der Waals surface area (Å²) < 4.78 is 5.33. The molecule has 4 rings (SSSR count). The van der Waals surface area contributed by atoms with Gasteiger partial charge in [-0.25, -0.2) is 0 Å². The Morgan fingerprint density at radius 3 is 2.62 bits per heavy atom. The number of hydrogen-bond acceptors (Lipinski definition) is 6. The minimum absolute atomic E-state index is 0.247. The number of benzene rings is 1. The molecule has 1 aromatic carbocycles. The highest BCUT2D eigenvalue weighted by Gasteiger charge is 2.30. The van der Waals surface area contributed by atoms with Crippen molar-refractivity contribution in [3.8, 4) is 5.75 Å². The number of allylic oxidation sites excluding steroid dienone is 2. The highest BCUT2D eigenvalue weighted by molar-refractivity contribution is 5.72. The first-order valence-electron chi connectivity index (χ1n) is 10.9. The molecule has 0 spiro atoms. The maximum absolute atomic E-state index is 10.5. The van der Waals surface area contributed by atoms with Crippen LogP contribution >= 0.6 is 0 Å². The van der Waals surface area contributed by atoms with Crippen LogP contribution < -0.4 is 16.8 Å². The lowest BCUT2D eigenvalue weighted by atomic mass is 9.79. The van der Waals surface area contributed by atoms with E-state index in [-0.39, 0.29) is 5.75 Å². The van der Waals surface area contributed by atoms with E-state index in [2.05, 4.69) is 16.3 Å². The molecule has 6 nitrogen and oxygen atoms in total. The summed E-state index contributed by atoms with van der Waals surface area (Å²) in [5, 5.41) is 13.9. The minimum atomic E-state index is 0.247. The van der Waals surface area contributed by atoms with E-state index in [1.807, 2.05) is 25.1 Å². The van der Waals surface area contributed by atoms with Crippen LogP contribution in [0.2, 0.25) is 0 Å². The molecule has 2 aliphatic heterocycles. The number of aromatic hydroxyl groups is 1. The number of rotatable bonds is 6. The van der Waals surface area contributed by atoms with E-state index in [4.69, 9.17) is 16.2 Å². The monoisotopic (exact) mass is 398 g/mol. The summed E-state index contributed by atoms with van der Waals surface area (Å²) in [7, 11) is 0. The Hall–Kier alpha value is -2.18. The molecule has 1 unspecified atom stereocenters. The quantitative estimate of drug-likeness (QED) is 0.550. The average molecular weight is 399 g/mol. The van der Waals surface area contributed by atoms with Gasteiger partial charge in [-0.15, -0.1) is 0 Å². The first-order chi connectivity index (χ1) is 14.0. The fourth-order valence-electron chi connectivity index (χ4n) is 4.46. The van der Waals surface area contributed by atoms with Crippen molar-refractivity contribution in [2.45, 2.75) is 57.0 Å². The van der Waals surface area contributed by atoms with Gasteiger partial charge in [0.1, 0.15) is 5.75 Å². The van der Waals surface area contributed by atoms with Crippen molar-refractivity contribution >= 4 is 5.70 Å². The van der Waals surface area contributed by atoms with Gasteiger partial charge in [-0.2, -0.15) is 0 Å². The largest absolute Gasteiger partial charge is 0.507 e. The van der Waals surface area contributed by atoms with Crippen molar-refractivity contribution in [3.05, 3.63) is 46.8 Å². The number of phenols is 1. The summed E-state index contributed by atoms with van der Waals surface area (Å²) in [6.45, 7) is 5.75. The van der Waals surface area contributed by atoms with Crippen LogP contribution in [0.15, 0.2) is 35.7 Å². The second-order valence-corrected chi connectivity index (χ2v) is 8.77. The molecule has 6 N–H and O–H groups in total. The van der Waals surface area contributed by atoms with Gasteiger partial charge < -0.3 is 26.6 Å². The molecule has 0 bridgehead atoms. The molecule has 1 aromatic rings. The molecule has 0 aromatic heterocycles. The van der Waals surface area contributed by atoms with Crippen molar-refractivity contribution in [1.29, 1.82) is 0 Å². The number of nitrogens with zero attached hydrogens (tertiary/aromatic N) is 1. The van der Waals surface area contributed by atoms with Gasteiger partial charge in [0.25, 0.3) is 0 Å². The number of phenolic OH excluding ortho intramolecular Hbond substituents is 1. The number of likely N-dealkylation sites (tertiary alicyclic amines) is 1. The summed E-state index contributed by atoms with van der Waals surface area (Å²) >= 11 is 0. The Bertz CT molecular complexity index is 796. The third-order valence-electron chi connectivity index (χ3n) is 6.65. The normalized spacial score (nSPS) is 25.1. The number of piperidine rings is 1. The van der Waals surface area contributed by atoms with Crippen LogP contribution in [-0.4, -0.2) is 48.4 Å². The molecule has 1 saturated carbocycles. The molecule has 6 heteroatoms. The van der Waals surface area contributed by atoms with Crippen LogP contribution in [0.3, 0.4) is 0 Å². The Morgan fingerprint density at radius 1 is 1.21 bits per heavy atom. The van der Waals surface area contributed by atoms with Crippen molar-refractivity contribution < 1.29 is 9.84 Å². The van der Waals surface area contributed by atoms with E-state index in [9.17, 15) is 5.11 Å². The first-order valence-corrected chi connectivity index (χ1v) is 10.9. The Balaban J connectivity index is 1.41. The van der Waals surface area contributed by atoms with E-state index in [1.54, 1.807) is 0 Å². The smallest absolute Gasteiger partial charge is 0.125 e. The van der Waals surface area contributed by atoms with Crippen LogP contribution in [0.25, 0.3) is 5.70 Å². The van der Waals surface area contributed by atoms with Gasteiger partial charge in [0.05, 0.1) is 25.1 Å². The second kappa shape index (κ2) is 8.67. The van der Waals surface area contributed by atoms with Crippen molar-refractivity contribution in [1.82, 2.24) is 10.2 Å². The number of nitrogens with one attached hydrogen (secondary N) is 1. The van der Waals surface area contributed by atoms with E-state index >= 15 is 0 Å². The van der Waals surface area contributed by atoms with Crippen LogP contribution in [-0.2, 0) is 4.74 Å². The van der Waals surface area contributed by atoms with Crippen LogP contribution in [0.1, 0.15) is 56.1 Å². The SMILES string of the molecule is CC(/C=C(\N)NC1CCCN(C2COC2)C1)=C(/N)c1ccc(C2CCC2)cc1O. The van der Waals surface area contributed by atoms with Crippen LogP contribution in [0.5, 0.6) is 5.75 Å². The molecule has 0 amide bonds. The summed E-state index contributed by atoms with van der Waals surface area (Å²) in [6, 6.07) is 6.79. The van der Waals surface area contributed by atoms with Crippen molar-refractivity contribution in [3.63, 3.8) is 0 Å². The van der Waals surface area contributed by atoms with E-state index in [0.717, 1.165) is 38.3 Å². The molecule has 2 saturated heterocycles. The van der Waals surface area contributed by atoms with E-state index < -0.39 is 0 Å². The van der Waals surface area contributed by atoms with Gasteiger partial charge >= 0.3 is 0 Å². The summed E-state index contributed by atoms with van der Waals surface area (Å²) in [5.41, 5.74) is 15.9. The zero-order valence-corrected chi connectivity index (χ0v) is 17.4. The molecule has 0 radical (unpaired) electrons. The Morgan fingerprint density at radius 2 is 2.00 bits per heavy atom. The summed E-state index contributed by atoms with van der Waals surface area (Å²) in [6.07, 6.45) is 7.85. The van der Waals surface area contributed by atoms with E-state index in [1.165, 1.54) is 31.2 Å². The first kappa shape index (κ1) is 20.1. The third kappa shape index (κ3) is 4.54. The van der Waals surface area contributed by atoms with Gasteiger partial charge in [0.2, 0.25) is 0 Å². The molecule has 29 heavy (non-hydrogen) atoms. The third-order valence-corrected chi connectivity index (χ3v) is 6.65. The molecule has 1 aliphatic carbocycles. The number of nitrogens with two attached hydrogens (primary N) is 2. The standard InChI is InChI=1S/C23H34N4O2/c1-15(23(25)20-8-7-17(11-21(20)28)16-4-2-5-16)10-22(24)26-18-6-3-9-27(12-18)19-13-29-14-19/h7-8,10-11,16,18-19,26,28H,2-6,9,12-14,24-25H2,1H3/b22-10+,23-15-. The predicted molar refractivity (Wildman–Crippen MR) is 116 cm³/mol. The van der Waals surface area contributed by atoms with Gasteiger partial charge in [0, 0.05) is 23.8 Å². The lowest BCUT2D eigenvalue weighted by Gasteiger charge is -2.42. The molecule has 1 atom stereocenters. The molecule has 2 heterocycles. The van der Waals surface area contributed by atoms with E-state index in [0.29, 0.717) is 35.1 Å². The molecular formula is C23H34N4O2. The summed E-state index contributed by atoms with van der Waals surface area (Å²) in [4.78, 5) is 2.50. The lowest BCUT2D eigenvalue weighted by molar-refractivity contribution is -0.0728. The van der Waals surface area contributed by atoms with Gasteiger partial charge in [-0.1, -0.05) is 12.5 Å². The number of ether oxygens (including phenoxy) is 1. The van der Waals surface area contributed by atoms with Crippen LogP contribution in [0.4, 0.5) is 0 Å². The molecule has 3 fully saturated rings. The Kier molecular flexibility index (Phi) is 6.01. The molecule has 3 aliphatic rings. The van der Waals surface area contributed by atoms with Gasteiger partial charge in [-0.3, -0.25) is 4.90 Å². The lowest BCUT2D eigenvalue weighted by Crippen LogP contribution is -2.56. The topological polar surface area (TPSA) is 96.8 Å². The zero-order valence-electron chi connectivity index (χ0n) is 17.4. The fraction of sp³-hybridized carbons (Fsp3) is 0.565. The average Bonchev–Trinajstić information content (AvgIpc) is 2.58. The van der Waals surface area contributed by atoms with Crippen LogP contribution in [0, 0.1) is 0 Å².